The molecule has 5 rings (SSSR count). The molecule has 2 aliphatic rings. The maximum atomic E-state index is 13.1. The van der Waals surface area contributed by atoms with Gasteiger partial charge in [-0.25, -0.2) is 4.98 Å². The molecule has 32 heavy (non-hydrogen) atoms. The van der Waals surface area contributed by atoms with Crippen LogP contribution in [0.1, 0.15) is 33.7 Å². The predicted octanol–water partition coefficient (Wildman–Crippen LogP) is 2.88. The van der Waals surface area contributed by atoms with E-state index < -0.39 is 0 Å². The Kier molecular flexibility index (Phi) is 5.25. The number of nitrogens with zero attached hydrogens (tertiary/aromatic N) is 6. The molecule has 0 spiro atoms. The molecule has 2 N–H and O–H groups in total. The highest BCUT2D eigenvalue weighted by Crippen LogP contribution is 2.33. The van der Waals surface area contributed by atoms with Crippen LogP contribution in [-0.4, -0.2) is 61.0 Å². The third kappa shape index (κ3) is 3.79. The number of nitriles is 1. The topological polar surface area (TPSA) is 114 Å². The van der Waals surface area contributed by atoms with Crippen LogP contribution in [0.25, 0.3) is 0 Å². The summed E-state index contributed by atoms with van der Waals surface area (Å²) in [6.07, 6.45) is 4.34. The summed E-state index contributed by atoms with van der Waals surface area (Å²) in [5.74, 6) is 1.21. The molecule has 9 nitrogen and oxygen atoms in total. The molecular formula is C22H21ClN8O. The van der Waals surface area contributed by atoms with E-state index in [9.17, 15) is 10.1 Å². The molecule has 2 bridgehead atoms. The van der Waals surface area contributed by atoms with E-state index in [2.05, 4.69) is 36.5 Å². The number of benzene rings is 1. The fraction of sp³-hybridized carbons (Fsp3) is 0.318. The number of carbonyl (C=O) groups excluding carboxylic acids is 1. The van der Waals surface area contributed by atoms with E-state index in [1.807, 2.05) is 17.9 Å². The summed E-state index contributed by atoms with van der Waals surface area (Å²) in [6.45, 7) is 3.98. The number of amides is 1. The molecule has 0 aliphatic carbocycles. The Hall–Kier alpha value is -3.48. The number of rotatable bonds is 5. The molecule has 2 atom stereocenters. The fourth-order valence-electron chi connectivity index (χ4n) is 4.53. The summed E-state index contributed by atoms with van der Waals surface area (Å²) >= 11 is 6.11. The average molecular weight is 449 g/mol. The molecule has 1 aromatic carbocycles. The van der Waals surface area contributed by atoms with E-state index in [0.29, 0.717) is 35.3 Å². The molecule has 3 aromatic rings. The number of hydrogen-bond acceptors (Lipinski definition) is 7. The zero-order chi connectivity index (χ0) is 22.2. The van der Waals surface area contributed by atoms with E-state index >= 15 is 0 Å². The van der Waals surface area contributed by atoms with Crippen molar-refractivity contribution in [3.05, 3.63) is 64.2 Å². The smallest absolute Gasteiger partial charge is 0.255 e. The Balaban J connectivity index is 1.25. The van der Waals surface area contributed by atoms with Gasteiger partial charge in [0.1, 0.15) is 11.9 Å². The minimum Gasteiger partial charge on any atom is -0.333 e. The molecule has 1 amide bonds. The fourth-order valence-corrected chi connectivity index (χ4v) is 4.74. The van der Waals surface area contributed by atoms with Gasteiger partial charge in [0.05, 0.1) is 28.0 Å². The highest BCUT2D eigenvalue weighted by molar-refractivity contribution is 6.32. The van der Waals surface area contributed by atoms with Gasteiger partial charge in [-0.05, 0) is 25.5 Å². The number of halogens is 1. The van der Waals surface area contributed by atoms with Gasteiger partial charge in [0.25, 0.3) is 5.91 Å². The van der Waals surface area contributed by atoms with Crippen molar-refractivity contribution >= 4 is 29.1 Å². The van der Waals surface area contributed by atoms with Crippen LogP contribution in [0, 0.1) is 18.3 Å². The Morgan fingerprint density at radius 1 is 1.31 bits per heavy atom. The maximum absolute atomic E-state index is 13.1. The Morgan fingerprint density at radius 3 is 2.91 bits per heavy atom. The van der Waals surface area contributed by atoms with Crippen LogP contribution in [0.4, 0.5) is 11.6 Å². The quantitative estimate of drug-likeness (QED) is 0.616. The lowest BCUT2D eigenvalue weighted by molar-refractivity contribution is 0.0614. The van der Waals surface area contributed by atoms with Gasteiger partial charge >= 0.3 is 0 Å². The summed E-state index contributed by atoms with van der Waals surface area (Å²) in [7, 11) is 0. The molecule has 162 valence electrons. The van der Waals surface area contributed by atoms with Crippen LogP contribution in [0.5, 0.6) is 0 Å². The van der Waals surface area contributed by atoms with Crippen molar-refractivity contribution in [1.82, 2.24) is 30.0 Å². The molecule has 0 unspecified atom stereocenters. The van der Waals surface area contributed by atoms with Crippen molar-refractivity contribution in [3.8, 4) is 6.07 Å². The maximum Gasteiger partial charge on any atom is 0.255 e. The first-order chi connectivity index (χ1) is 15.5. The summed E-state index contributed by atoms with van der Waals surface area (Å²) in [5, 5.41) is 19.9. The number of H-pyrrole nitrogens is 1. The van der Waals surface area contributed by atoms with E-state index in [0.717, 1.165) is 24.4 Å². The third-order valence-electron chi connectivity index (χ3n) is 5.98. The molecule has 0 radical (unpaired) electrons. The van der Waals surface area contributed by atoms with Gasteiger partial charge in [-0.15, -0.1) is 0 Å². The van der Waals surface area contributed by atoms with Gasteiger partial charge in [-0.2, -0.15) is 10.4 Å². The number of aryl methyl sites for hydroxylation is 1. The van der Waals surface area contributed by atoms with Gasteiger partial charge in [-0.3, -0.25) is 19.8 Å². The zero-order valence-electron chi connectivity index (χ0n) is 17.4. The number of carbonyl (C=O) groups is 1. The van der Waals surface area contributed by atoms with Crippen molar-refractivity contribution in [2.45, 2.75) is 32.0 Å². The summed E-state index contributed by atoms with van der Waals surface area (Å²) in [6, 6.07) is 9.33. The molecule has 4 heterocycles. The van der Waals surface area contributed by atoms with E-state index in [4.69, 9.17) is 11.6 Å². The second kappa shape index (κ2) is 8.22. The molecule has 2 aliphatic heterocycles. The third-order valence-corrected chi connectivity index (χ3v) is 6.30. The first kappa shape index (κ1) is 20.4. The molecular weight excluding hydrogens is 428 g/mol. The number of likely N-dealkylation sites (tertiary alicyclic amines) is 2. The van der Waals surface area contributed by atoms with Crippen LogP contribution >= 0.6 is 11.6 Å². The average Bonchev–Trinajstić information content (AvgIpc) is 3.49. The van der Waals surface area contributed by atoms with Gasteiger partial charge < -0.3 is 10.2 Å². The lowest BCUT2D eigenvalue weighted by Crippen LogP contribution is -2.48. The van der Waals surface area contributed by atoms with Crippen LogP contribution < -0.4 is 5.32 Å². The molecule has 10 heteroatoms. The van der Waals surface area contributed by atoms with Gasteiger partial charge in [0.15, 0.2) is 5.82 Å². The zero-order valence-corrected chi connectivity index (χ0v) is 18.2. The molecule has 2 fully saturated rings. The van der Waals surface area contributed by atoms with Crippen LogP contribution in [0.3, 0.4) is 0 Å². The first-order valence-electron chi connectivity index (χ1n) is 10.4. The summed E-state index contributed by atoms with van der Waals surface area (Å²) in [4.78, 5) is 26.3. The number of aromatic nitrogens is 4. The number of anilines is 2. The van der Waals surface area contributed by atoms with Crippen molar-refractivity contribution in [2.24, 2.45) is 0 Å². The number of nitrogens with one attached hydrogen (secondary N) is 2. The lowest BCUT2D eigenvalue weighted by Gasteiger charge is -2.34. The number of piperazine rings is 1. The standard InChI is InChI=1S/C22H21ClN8O/c1-13-5-20(29-28-13)27-21-9-25-8-14(26-21)10-30-11-16-6-15(30)12-31(16)22(32)17-3-2-4-19(23)18(17)7-24/h2-5,8-9,15-16H,6,10-12H2,1H3,(H2,26,27,28,29)/t15-,16-/m0/s1. The minimum absolute atomic E-state index is 0.110. The van der Waals surface area contributed by atoms with E-state index in [1.165, 1.54) is 0 Å². The first-order valence-corrected chi connectivity index (χ1v) is 10.7. The summed E-state index contributed by atoms with van der Waals surface area (Å²) in [5.41, 5.74) is 2.43. The van der Waals surface area contributed by atoms with Crippen molar-refractivity contribution < 1.29 is 4.79 Å². The van der Waals surface area contributed by atoms with Gasteiger partial charge in [0, 0.05) is 49.7 Å². The Bertz CT molecular complexity index is 1220. The van der Waals surface area contributed by atoms with E-state index in [1.54, 1.807) is 30.6 Å². The van der Waals surface area contributed by atoms with Crippen LogP contribution in [0.2, 0.25) is 5.02 Å². The Morgan fingerprint density at radius 2 is 2.19 bits per heavy atom. The SMILES string of the molecule is Cc1cc(Nc2cncc(CN3C[C@@H]4C[C@H]3CN4C(=O)c3cccc(Cl)c3C#N)n2)n[nH]1. The van der Waals surface area contributed by atoms with Crippen molar-refractivity contribution in [2.75, 3.05) is 18.4 Å². The largest absolute Gasteiger partial charge is 0.333 e. The second-order valence-electron chi connectivity index (χ2n) is 8.16. The Labute approximate surface area is 190 Å². The monoisotopic (exact) mass is 448 g/mol. The molecule has 2 saturated heterocycles. The number of fused-ring (bicyclic) bond motifs is 2. The lowest BCUT2D eigenvalue weighted by atomic mass is 10.1. The number of hydrogen-bond donors (Lipinski definition) is 2. The second-order valence-corrected chi connectivity index (χ2v) is 8.57. The molecule has 0 saturated carbocycles. The number of aromatic amines is 1. The highest BCUT2D eigenvalue weighted by atomic mass is 35.5. The van der Waals surface area contributed by atoms with E-state index in [-0.39, 0.29) is 23.6 Å². The molecule has 2 aromatic heterocycles. The van der Waals surface area contributed by atoms with Gasteiger partial charge in [0.2, 0.25) is 0 Å². The minimum atomic E-state index is -0.128. The van der Waals surface area contributed by atoms with Crippen molar-refractivity contribution in [3.63, 3.8) is 0 Å². The normalized spacial score (nSPS) is 19.8. The highest BCUT2D eigenvalue weighted by Gasteiger charge is 2.45. The van der Waals surface area contributed by atoms with Crippen LogP contribution in [-0.2, 0) is 6.54 Å². The van der Waals surface area contributed by atoms with Gasteiger partial charge in [-0.1, -0.05) is 17.7 Å². The summed E-state index contributed by atoms with van der Waals surface area (Å²) < 4.78 is 0. The van der Waals surface area contributed by atoms with Crippen LogP contribution in [0.15, 0.2) is 36.7 Å². The predicted molar refractivity (Wildman–Crippen MR) is 118 cm³/mol. The van der Waals surface area contributed by atoms with Crippen molar-refractivity contribution in [1.29, 1.82) is 5.26 Å².